The summed E-state index contributed by atoms with van der Waals surface area (Å²) in [5.74, 6) is -0.113. The van der Waals surface area contributed by atoms with Gasteiger partial charge >= 0.3 is 0 Å². The molecule has 0 saturated carbocycles. The number of likely N-dealkylation sites (N-methyl/N-ethyl adjacent to an activating group) is 1. The Kier molecular flexibility index (Phi) is 5.62. The number of nitrogens with zero attached hydrogens (tertiary/aromatic N) is 4. The van der Waals surface area contributed by atoms with Crippen LogP contribution in [0, 0.1) is 6.92 Å². The van der Waals surface area contributed by atoms with Crippen LogP contribution in [-0.2, 0) is 0 Å². The Morgan fingerprint density at radius 3 is 2.17 bits per heavy atom. The highest BCUT2D eigenvalue weighted by atomic mass is 16.1. The summed E-state index contributed by atoms with van der Waals surface area (Å²) >= 11 is 0. The Labute approximate surface area is 171 Å². The predicted molar refractivity (Wildman–Crippen MR) is 117 cm³/mol. The lowest BCUT2D eigenvalue weighted by Crippen LogP contribution is -2.46. The molecule has 1 N–H and O–H groups in total. The molecule has 0 spiro atoms. The number of amides is 1. The quantitative estimate of drug-likeness (QED) is 0.725. The van der Waals surface area contributed by atoms with Gasteiger partial charge in [-0.3, -0.25) is 4.79 Å². The first kappa shape index (κ1) is 19.2. The van der Waals surface area contributed by atoms with Gasteiger partial charge in [0, 0.05) is 55.0 Å². The Balaban J connectivity index is 1.38. The lowest BCUT2D eigenvalue weighted by molar-refractivity contribution is 0.102. The minimum Gasteiger partial charge on any atom is -0.369 e. The van der Waals surface area contributed by atoms with Crippen LogP contribution in [0.25, 0.3) is 5.69 Å². The van der Waals surface area contributed by atoms with Gasteiger partial charge in [-0.05, 0) is 68.1 Å². The van der Waals surface area contributed by atoms with Crippen molar-refractivity contribution in [1.29, 1.82) is 0 Å². The van der Waals surface area contributed by atoms with Gasteiger partial charge in [-0.25, -0.2) is 4.68 Å². The number of carbonyl (C=O) groups is 1. The molecule has 1 aliphatic heterocycles. The number of hydrogen-bond donors (Lipinski definition) is 1. The normalized spacial score (nSPS) is 14.8. The summed E-state index contributed by atoms with van der Waals surface area (Å²) < 4.78 is 1.85. The number of rotatable bonds is 5. The first-order valence-electron chi connectivity index (χ1n) is 10.1. The summed E-state index contributed by atoms with van der Waals surface area (Å²) in [6.45, 7) is 9.61. The number of anilines is 2. The zero-order valence-corrected chi connectivity index (χ0v) is 17.0. The first-order valence-corrected chi connectivity index (χ1v) is 10.1. The average Bonchev–Trinajstić information content (AvgIpc) is 3.20. The minimum atomic E-state index is -0.113. The van der Waals surface area contributed by atoms with Crippen LogP contribution in [0.15, 0.2) is 60.8 Å². The molecule has 1 aliphatic rings. The maximum atomic E-state index is 12.6. The van der Waals surface area contributed by atoms with Crippen molar-refractivity contribution in [2.75, 3.05) is 42.9 Å². The molecule has 3 aromatic rings. The summed E-state index contributed by atoms with van der Waals surface area (Å²) in [6.07, 6.45) is 1.77. The van der Waals surface area contributed by atoms with Crippen molar-refractivity contribution < 1.29 is 4.79 Å². The second-order valence-electron chi connectivity index (χ2n) is 7.35. The Bertz CT molecular complexity index is 954. The summed E-state index contributed by atoms with van der Waals surface area (Å²) in [7, 11) is 0. The zero-order valence-electron chi connectivity index (χ0n) is 17.0. The van der Waals surface area contributed by atoms with Crippen molar-refractivity contribution in [3.05, 3.63) is 72.1 Å². The Morgan fingerprint density at radius 2 is 1.59 bits per heavy atom. The lowest BCUT2D eigenvalue weighted by atomic mass is 10.1. The van der Waals surface area contributed by atoms with Crippen LogP contribution in [0.3, 0.4) is 0 Å². The largest absolute Gasteiger partial charge is 0.369 e. The maximum Gasteiger partial charge on any atom is 0.255 e. The summed E-state index contributed by atoms with van der Waals surface area (Å²) in [4.78, 5) is 17.4. The lowest BCUT2D eigenvalue weighted by Gasteiger charge is -2.35. The molecule has 0 radical (unpaired) electrons. The van der Waals surface area contributed by atoms with Gasteiger partial charge < -0.3 is 15.1 Å². The van der Waals surface area contributed by atoms with Gasteiger partial charge in [-0.1, -0.05) is 6.92 Å². The number of carbonyl (C=O) groups excluding carboxylic acids is 1. The van der Waals surface area contributed by atoms with E-state index in [0.717, 1.165) is 49.8 Å². The summed E-state index contributed by atoms with van der Waals surface area (Å²) in [5, 5.41) is 7.28. The Morgan fingerprint density at radius 1 is 0.931 bits per heavy atom. The number of benzene rings is 2. The SMILES string of the molecule is CCN1CCN(c2ccc(NC(=O)c3ccc(-n4nccc4C)cc3)cc2)CC1. The molecule has 1 fully saturated rings. The van der Waals surface area contributed by atoms with Crippen LogP contribution >= 0.6 is 0 Å². The van der Waals surface area contributed by atoms with Crippen LogP contribution < -0.4 is 10.2 Å². The van der Waals surface area contributed by atoms with Crippen molar-refractivity contribution >= 4 is 17.3 Å². The van der Waals surface area contributed by atoms with Gasteiger partial charge in [0.1, 0.15) is 0 Å². The molecule has 150 valence electrons. The third kappa shape index (κ3) is 4.32. The van der Waals surface area contributed by atoms with E-state index >= 15 is 0 Å². The summed E-state index contributed by atoms with van der Waals surface area (Å²) in [6, 6.07) is 17.5. The molecule has 0 unspecified atom stereocenters. The van der Waals surface area contributed by atoms with Crippen LogP contribution in [-0.4, -0.2) is 53.3 Å². The molecule has 2 heterocycles. The van der Waals surface area contributed by atoms with Gasteiger partial charge in [0.2, 0.25) is 0 Å². The molecule has 6 heteroatoms. The van der Waals surface area contributed by atoms with Crippen molar-refractivity contribution in [1.82, 2.24) is 14.7 Å². The molecule has 6 nitrogen and oxygen atoms in total. The Hall–Kier alpha value is -3.12. The van der Waals surface area contributed by atoms with E-state index in [1.165, 1.54) is 5.69 Å². The van der Waals surface area contributed by atoms with E-state index in [0.29, 0.717) is 5.56 Å². The standard InChI is InChI=1S/C23H27N5O/c1-3-26-14-16-27(17-15-26)21-10-6-20(7-11-21)25-23(29)19-4-8-22(9-5-19)28-18(2)12-13-24-28/h4-13H,3,14-17H2,1-2H3,(H,25,29). The molecule has 0 bridgehead atoms. The fourth-order valence-electron chi connectivity index (χ4n) is 3.67. The number of nitrogens with one attached hydrogen (secondary N) is 1. The molecule has 2 aromatic carbocycles. The highest BCUT2D eigenvalue weighted by Gasteiger charge is 2.16. The van der Waals surface area contributed by atoms with Gasteiger partial charge in [0.15, 0.2) is 0 Å². The highest BCUT2D eigenvalue weighted by Crippen LogP contribution is 2.20. The smallest absolute Gasteiger partial charge is 0.255 e. The number of piperazine rings is 1. The van der Waals surface area contributed by atoms with Crippen LogP contribution in [0.5, 0.6) is 0 Å². The van der Waals surface area contributed by atoms with Gasteiger partial charge in [0.25, 0.3) is 5.91 Å². The van der Waals surface area contributed by atoms with E-state index in [-0.39, 0.29) is 5.91 Å². The van der Waals surface area contributed by atoms with Crippen molar-refractivity contribution in [2.45, 2.75) is 13.8 Å². The topological polar surface area (TPSA) is 53.4 Å². The van der Waals surface area contributed by atoms with Crippen molar-refractivity contribution in [3.8, 4) is 5.69 Å². The number of aryl methyl sites for hydroxylation is 1. The predicted octanol–water partition coefficient (Wildman–Crippen LogP) is 3.57. The second kappa shape index (κ2) is 8.49. The number of aromatic nitrogens is 2. The van der Waals surface area contributed by atoms with E-state index in [2.05, 4.69) is 39.3 Å². The molecular weight excluding hydrogens is 362 g/mol. The molecule has 29 heavy (non-hydrogen) atoms. The summed E-state index contributed by atoms with van der Waals surface area (Å²) in [5.41, 5.74) is 4.63. The second-order valence-corrected chi connectivity index (χ2v) is 7.35. The maximum absolute atomic E-state index is 12.6. The zero-order chi connectivity index (χ0) is 20.2. The highest BCUT2D eigenvalue weighted by molar-refractivity contribution is 6.04. The van der Waals surface area contributed by atoms with Gasteiger partial charge in [0.05, 0.1) is 5.69 Å². The fourth-order valence-corrected chi connectivity index (χ4v) is 3.67. The number of hydrogen-bond acceptors (Lipinski definition) is 4. The first-order chi connectivity index (χ1) is 14.1. The van der Waals surface area contributed by atoms with E-state index < -0.39 is 0 Å². The third-order valence-electron chi connectivity index (χ3n) is 5.52. The average molecular weight is 390 g/mol. The minimum absolute atomic E-state index is 0.113. The molecule has 0 atom stereocenters. The molecule has 1 amide bonds. The molecule has 4 rings (SSSR count). The van der Waals surface area contributed by atoms with E-state index in [1.54, 1.807) is 6.20 Å². The molecule has 0 aliphatic carbocycles. The van der Waals surface area contributed by atoms with E-state index in [4.69, 9.17) is 0 Å². The third-order valence-corrected chi connectivity index (χ3v) is 5.52. The van der Waals surface area contributed by atoms with Crippen molar-refractivity contribution in [2.24, 2.45) is 0 Å². The molecule has 1 aromatic heterocycles. The monoisotopic (exact) mass is 389 g/mol. The van der Waals surface area contributed by atoms with Gasteiger partial charge in [-0.2, -0.15) is 5.10 Å². The molecular formula is C23H27N5O. The van der Waals surface area contributed by atoms with Crippen LogP contribution in [0.1, 0.15) is 23.0 Å². The van der Waals surface area contributed by atoms with Crippen LogP contribution in [0.4, 0.5) is 11.4 Å². The fraction of sp³-hybridized carbons (Fsp3) is 0.304. The van der Waals surface area contributed by atoms with Crippen molar-refractivity contribution in [3.63, 3.8) is 0 Å². The van der Waals surface area contributed by atoms with Crippen LogP contribution in [0.2, 0.25) is 0 Å². The molecule has 1 saturated heterocycles. The van der Waals surface area contributed by atoms with E-state index in [9.17, 15) is 4.79 Å². The van der Waals surface area contributed by atoms with E-state index in [1.807, 2.05) is 54.1 Å². The van der Waals surface area contributed by atoms with Gasteiger partial charge in [-0.15, -0.1) is 0 Å².